The minimum absolute atomic E-state index is 0.122. The lowest BCUT2D eigenvalue weighted by atomic mass is 9.96. The van der Waals surface area contributed by atoms with Crippen molar-refractivity contribution >= 4 is 23.3 Å². The molecule has 162 valence electrons. The second-order valence-electron chi connectivity index (χ2n) is 8.71. The maximum Gasteiger partial charge on any atom is 0.409 e. The minimum Gasteiger partial charge on any atom is -0.465 e. The highest BCUT2D eigenvalue weighted by atomic mass is 32.1. The van der Waals surface area contributed by atoms with Gasteiger partial charge < -0.3 is 10.0 Å². The summed E-state index contributed by atoms with van der Waals surface area (Å²) in [6, 6.07) is 5.86. The monoisotopic (exact) mass is 433 g/mol. The number of hydrogen-bond acceptors (Lipinski definition) is 4. The zero-order valence-corrected chi connectivity index (χ0v) is 18.8. The molecule has 0 aliphatic carbocycles. The van der Waals surface area contributed by atoms with E-state index in [4.69, 9.17) is 0 Å². The van der Waals surface area contributed by atoms with Crippen molar-refractivity contribution in [1.82, 2.24) is 14.8 Å². The van der Waals surface area contributed by atoms with Crippen LogP contribution in [0.15, 0.2) is 24.3 Å². The van der Waals surface area contributed by atoms with Gasteiger partial charge in [0.25, 0.3) is 5.91 Å². The number of thiazole rings is 1. The van der Waals surface area contributed by atoms with Crippen molar-refractivity contribution in [1.29, 1.82) is 0 Å². The molecular weight excluding hydrogens is 405 g/mol. The van der Waals surface area contributed by atoms with Crippen molar-refractivity contribution in [2.45, 2.75) is 71.6 Å². The van der Waals surface area contributed by atoms with Gasteiger partial charge in [0, 0.05) is 11.6 Å². The molecule has 1 aromatic carbocycles. The number of hydrogen-bond donors (Lipinski definition) is 1. The molecule has 8 heteroatoms. The number of carboxylic acid groups (broad SMARTS) is 1. The van der Waals surface area contributed by atoms with Crippen molar-refractivity contribution in [3.63, 3.8) is 0 Å². The Morgan fingerprint density at radius 2 is 1.87 bits per heavy atom. The van der Waals surface area contributed by atoms with E-state index in [0.29, 0.717) is 17.0 Å². The van der Waals surface area contributed by atoms with Crippen LogP contribution in [0.5, 0.6) is 0 Å². The Hall–Kier alpha value is -2.48. The topological polar surface area (TPSA) is 73.7 Å². The van der Waals surface area contributed by atoms with Gasteiger partial charge in [-0.1, -0.05) is 12.1 Å². The van der Waals surface area contributed by atoms with Crippen molar-refractivity contribution in [2.75, 3.05) is 0 Å². The average molecular weight is 434 g/mol. The van der Waals surface area contributed by atoms with Gasteiger partial charge in [-0.05, 0) is 71.6 Å². The summed E-state index contributed by atoms with van der Waals surface area (Å²) in [4.78, 5) is 34.0. The molecular formula is C22H28FN3O3S. The highest BCUT2D eigenvalue weighted by Crippen LogP contribution is 2.35. The first-order valence-electron chi connectivity index (χ1n) is 10.1. The molecule has 6 nitrogen and oxygen atoms in total. The maximum absolute atomic E-state index is 13.7. The molecule has 0 spiro atoms. The predicted molar refractivity (Wildman–Crippen MR) is 115 cm³/mol. The number of amides is 2. The second kappa shape index (κ2) is 8.34. The van der Waals surface area contributed by atoms with Crippen molar-refractivity contribution in [2.24, 2.45) is 0 Å². The quantitative estimate of drug-likeness (QED) is 0.706. The van der Waals surface area contributed by atoms with Crippen LogP contribution >= 0.6 is 11.3 Å². The molecule has 3 rings (SSSR count). The standard InChI is InChI=1S/C22H28FN3O3S/c1-13-7-6-8-17(26(21(28)29)22(3,4)5)25(13)20(27)18-19(30-14(2)24-18)15-9-11-16(23)12-10-15/h9-13,17H,6-8H2,1-5H3,(H,28,29). The third-order valence-electron chi connectivity index (χ3n) is 5.38. The fraction of sp³-hybridized carbons (Fsp3) is 0.500. The van der Waals surface area contributed by atoms with E-state index in [9.17, 15) is 19.1 Å². The Labute approximate surface area is 180 Å². The average Bonchev–Trinajstić information content (AvgIpc) is 3.02. The molecule has 2 heterocycles. The van der Waals surface area contributed by atoms with Crippen molar-refractivity contribution < 1.29 is 19.1 Å². The van der Waals surface area contributed by atoms with E-state index in [0.717, 1.165) is 23.4 Å². The highest BCUT2D eigenvalue weighted by molar-refractivity contribution is 7.15. The summed E-state index contributed by atoms with van der Waals surface area (Å²) in [5.74, 6) is -0.633. The first-order valence-corrected chi connectivity index (χ1v) is 10.9. The zero-order chi connectivity index (χ0) is 22.2. The number of aryl methyl sites for hydroxylation is 1. The minimum atomic E-state index is -1.05. The third kappa shape index (κ3) is 4.33. The van der Waals surface area contributed by atoms with Crippen molar-refractivity contribution in [3.8, 4) is 10.4 Å². The summed E-state index contributed by atoms with van der Waals surface area (Å²) in [7, 11) is 0. The van der Waals surface area contributed by atoms with Crippen molar-refractivity contribution in [3.05, 3.63) is 40.8 Å². The zero-order valence-electron chi connectivity index (χ0n) is 18.0. The molecule has 0 radical (unpaired) electrons. The number of piperidine rings is 1. The SMILES string of the molecule is Cc1nc(C(=O)N2C(C)CCCC2N(C(=O)O)C(C)(C)C)c(-c2ccc(F)cc2)s1. The summed E-state index contributed by atoms with van der Waals surface area (Å²) in [6.45, 7) is 9.27. The van der Waals surface area contributed by atoms with Crippen LogP contribution in [0.25, 0.3) is 10.4 Å². The summed E-state index contributed by atoms with van der Waals surface area (Å²) in [5, 5.41) is 10.6. The number of carbonyl (C=O) groups excluding carboxylic acids is 1. The third-order valence-corrected chi connectivity index (χ3v) is 6.40. The Morgan fingerprint density at radius 1 is 1.23 bits per heavy atom. The van der Waals surface area contributed by atoms with E-state index in [1.54, 1.807) is 17.0 Å². The number of rotatable bonds is 3. The lowest BCUT2D eigenvalue weighted by molar-refractivity contribution is -0.0305. The number of nitrogens with zero attached hydrogens (tertiary/aromatic N) is 3. The lowest BCUT2D eigenvalue weighted by Crippen LogP contribution is -2.62. The highest BCUT2D eigenvalue weighted by Gasteiger charge is 2.43. The largest absolute Gasteiger partial charge is 0.465 e. The summed E-state index contributed by atoms with van der Waals surface area (Å²) >= 11 is 1.38. The van der Waals surface area contributed by atoms with Gasteiger partial charge in [0.2, 0.25) is 0 Å². The smallest absolute Gasteiger partial charge is 0.409 e. The normalized spacial score (nSPS) is 19.6. The van der Waals surface area contributed by atoms with Crippen LogP contribution in [0.3, 0.4) is 0 Å². The van der Waals surface area contributed by atoms with Crippen LogP contribution < -0.4 is 0 Å². The van der Waals surface area contributed by atoms with Crippen LogP contribution in [-0.4, -0.2) is 49.6 Å². The summed E-state index contributed by atoms with van der Waals surface area (Å²) in [5.41, 5.74) is 0.351. The van der Waals surface area contributed by atoms with E-state index in [-0.39, 0.29) is 17.8 Å². The Kier molecular flexibility index (Phi) is 6.17. The Balaban J connectivity index is 2.05. The molecule has 2 unspecified atom stereocenters. The molecule has 1 saturated heterocycles. The van der Waals surface area contributed by atoms with Crippen LogP contribution in [-0.2, 0) is 0 Å². The summed E-state index contributed by atoms with van der Waals surface area (Å²) < 4.78 is 13.4. The number of benzene rings is 1. The van der Waals surface area contributed by atoms with Gasteiger partial charge >= 0.3 is 6.09 Å². The number of carbonyl (C=O) groups is 2. The van der Waals surface area contributed by atoms with E-state index >= 15 is 0 Å². The van der Waals surface area contributed by atoms with Gasteiger partial charge in [-0.3, -0.25) is 9.69 Å². The van der Waals surface area contributed by atoms with E-state index in [1.165, 1.54) is 28.4 Å². The second-order valence-corrected chi connectivity index (χ2v) is 9.92. The van der Waals surface area contributed by atoms with Crippen LogP contribution in [0.1, 0.15) is 62.5 Å². The van der Waals surface area contributed by atoms with Gasteiger partial charge in [-0.25, -0.2) is 14.2 Å². The molecule has 1 N–H and O–H groups in total. The molecule has 1 aromatic heterocycles. The molecule has 30 heavy (non-hydrogen) atoms. The van der Waals surface area contributed by atoms with E-state index in [2.05, 4.69) is 4.98 Å². The first-order chi connectivity index (χ1) is 14.0. The van der Waals surface area contributed by atoms with Gasteiger partial charge in [-0.15, -0.1) is 11.3 Å². The maximum atomic E-state index is 13.7. The van der Waals surface area contributed by atoms with Gasteiger partial charge in [-0.2, -0.15) is 0 Å². The molecule has 2 atom stereocenters. The molecule has 1 aliphatic heterocycles. The molecule has 0 saturated carbocycles. The molecule has 2 amide bonds. The van der Waals surface area contributed by atoms with Gasteiger partial charge in [0.15, 0.2) is 0 Å². The van der Waals surface area contributed by atoms with Gasteiger partial charge in [0.05, 0.1) is 9.88 Å². The molecule has 1 fully saturated rings. The lowest BCUT2D eigenvalue weighted by Gasteiger charge is -2.49. The van der Waals surface area contributed by atoms with Gasteiger partial charge in [0.1, 0.15) is 17.7 Å². The van der Waals surface area contributed by atoms with Crippen LogP contribution in [0.4, 0.5) is 9.18 Å². The fourth-order valence-electron chi connectivity index (χ4n) is 4.11. The number of aromatic nitrogens is 1. The summed E-state index contributed by atoms with van der Waals surface area (Å²) in [6.07, 6.45) is 0.606. The van der Waals surface area contributed by atoms with Crippen LogP contribution in [0.2, 0.25) is 0 Å². The van der Waals surface area contributed by atoms with Crippen LogP contribution in [0, 0.1) is 12.7 Å². The Morgan fingerprint density at radius 3 is 2.43 bits per heavy atom. The molecule has 2 aromatic rings. The van der Waals surface area contributed by atoms with E-state index in [1.807, 2.05) is 34.6 Å². The Bertz CT molecular complexity index is 936. The number of likely N-dealkylation sites (tertiary alicyclic amines) is 1. The number of halogens is 1. The molecule has 1 aliphatic rings. The predicted octanol–water partition coefficient (Wildman–Crippen LogP) is 5.38. The molecule has 0 bridgehead atoms. The fourth-order valence-corrected chi connectivity index (χ4v) is 5.03. The van der Waals surface area contributed by atoms with E-state index < -0.39 is 17.8 Å². The first kappa shape index (κ1) is 22.2.